The molecule has 0 unspecified atom stereocenters. The van der Waals surface area contributed by atoms with Crippen LogP contribution in [0.25, 0.3) is 5.57 Å². The summed E-state index contributed by atoms with van der Waals surface area (Å²) in [6, 6.07) is 13.9. The van der Waals surface area contributed by atoms with Gasteiger partial charge in [-0.15, -0.1) is 0 Å². The van der Waals surface area contributed by atoms with Gasteiger partial charge in [-0.1, -0.05) is 53.7 Å². The number of hydrogen-bond donors (Lipinski definition) is 2. The topological polar surface area (TPSA) is 45.7 Å². The second-order valence-corrected chi connectivity index (χ2v) is 6.14. The summed E-state index contributed by atoms with van der Waals surface area (Å²) < 4.78 is 0. The van der Waals surface area contributed by atoms with Crippen molar-refractivity contribution in [2.45, 2.75) is 6.92 Å². The van der Waals surface area contributed by atoms with Crippen LogP contribution >= 0.6 is 11.6 Å². The SMILES string of the molecule is C=C(NC)/C(=C1\Nc2ccccc2\C1=N/OC)c1ccc(C)c(Cl)c1. The average molecular weight is 354 g/mol. The second-order valence-electron chi connectivity index (χ2n) is 5.74. The van der Waals surface area contributed by atoms with Crippen molar-refractivity contribution in [3.63, 3.8) is 0 Å². The Kier molecular flexibility index (Phi) is 4.81. The lowest BCUT2D eigenvalue weighted by Crippen LogP contribution is -2.14. The van der Waals surface area contributed by atoms with Crippen molar-refractivity contribution < 1.29 is 4.84 Å². The molecule has 1 aliphatic heterocycles. The normalized spacial score (nSPS) is 16.2. The van der Waals surface area contributed by atoms with Crippen LogP contribution in [0, 0.1) is 6.92 Å². The molecule has 0 atom stereocenters. The number of rotatable bonds is 4. The monoisotopic (exact) mass is 353 g/mol. The standard InChI is InChI=1S/C20H20ClN3O/c1-12-9-10-14(11-16(12)21)18(13(2)22-3)20-19(24-25-4)15-7-5-6-8-17(15)23-20/h5-11,22-23H,2H2,1,3-4H3/b20-18+,24-19+. The van der Waals surface area contributed by atoms with Crippen LogP contribution in [0.15, 0.2) is 65.6 Å². The van der Waals surface area contributed by atoms with Gasteiger partial charge in [0.1, 0.15) is 12.8 Å². The molecule has 4 nitrogen and oxygen atoms in total. The number of aryl methyl sites for hydroxylation is 1. The third kappa shape index (κ3) is 3.13. The Labute approximate surface area is 152 Å². The van der Waals surface area contributed by atoms with Crippen LogP contribution in [0.5, 0.6) is 0 Å². The van der Waals surface area contributed by atoms with E-state index in [0.29, 0.717) is 5.02 Å². The summed E-state index contributed by atoms with van der Waals surface area (Å²) in [7, 11) is 3.38. The number of hydrogen-bond acceptors (Lipinski definition) is 4. The van der Waals surface area contributed by atoms with E-state index in [2.05, 4.69) is 22.4 Å². The summed E-state index contributed by atoms with van der Waals surface area (Å²) in [5.41, 5.74) is 7.18. The van der Waals surface area contributed by atoms with Gasteiger partial charge in [-0.2, -0.15) is 0 Å². The van der Waals surface area contributed by atoms with E-state index in [1.807, 2.05) is 56.4 Å². The Morgan fingerprint density at radius 3 is 2.68 bits per heavy atom. The lowest BCUT2D eigenvalue weighted by atomic mass is 9.97. The molecule has 0 radical (unpaired) electrons. The van der Waals surface area contributed by atoms with E-state index in [0.717, 1.165) is 45.1 Å². The van der Waals surface area contributed by atoms with Gasteiger partial charge in [0.25, 0.3) is 0 Å². The molecule has 0 bridgehead atoms. The first-order valence-corrected chi connectivity index (χ1v) is 8.30. The molecule has 0 saturated carbocycles. The maximum absolute atomic E-state index is 6.35. The van der Waals surface area contributed by atoms with Gasteiger partial charge in [-0.25, -0.2) is 0 Å². The van der Waals surface area contributed by atoms with E-state index >= 15 is 0 Å². The van der Waals surface area contributed by atoms with Crippen molar-refractivity contribution in [3.05, 3.63) is 82.2 Å². The zero-order chi connectivity index (χ0) is 18.0. The molecule has 1 heterocycles. The zero-order valence-corrected chi connectivity index (χ0v) is 15.2. The third-order valence-electron chi connectivity index (χ3n) is 4.18. The van der Waals surface area contributed by atoms with E-state index in [1.54, 1.807) is 7.11 Å². The molecule has 0 saturated heterocycles. The fourth-order valence-electron chi connectivity index (χ4n) is 2.84. The molecule has 2 N–H and O–H groups in total. The number of halogens is 1. The third-order valence-corrected chi connectivity index (χ3v) is 4.58. The fraction of sp³-hybridized carbons (Fsp3) is 0.150. The van der Waals surface area contributed by atoms with Crippen molar-refractivity contribution in [2.24, 2.45) is 5.16 Å². The number of nitrogens with zero attached hydrogens (tertiary/aromatic N) is 1. The molecule has 2 aromatic rings. The summed E-state index contributed by atoms with van der Waals surface area (Å²) in [6.45, 7) is 6.14. The maximum Gasteiger partial charge on any atom is 0.136 e. The van der Waals surface area contributed by atoms with Gasteiger partial charge >= 0.3 is 0 Å². The largest absolute Gasteiger partial charge is 0.399 e. The van der Waals surface area contributed by atoms with Crippen LogP contribution in [0.4, 0.5) is 5.69 Å². The number of benzene rings is 2. The minimum absolute atomic E-state index is 0.709. The Hall–Kier alpha value is -2.72. The first kappa shape index (κ1) is 17.1. The van der Waals surface area contributed by atoms with E-state index in [1.165, 1.54) is 0 Å². The molecular formula is C20H20ClN3O. The van der Waals surface area contributed by atoms with Crippen molar-refractivity contribution in [1.82, 2.24) is 5.32 Å². The number of para-hydroxylation sites is 1. The Morgan fingerprint density at radius 2 is 2.00 bits per heavy atom. The molecule has 1 aliphatic rings. The van der Waals surface area contributed by atoms with Crippen LogP contribution in [0.3, 0.4) is 0 Å². The lowest BCUT2D eigenvalue weighted by molar-refractivity contribution is 0.214. The predicted molar refractivity (Wildman–Crippen MR) is 105 cm³/mol. The highest BCUT2D eigenvalue weighted by Crippen LogP contribution is 2.36. The van der Waals surface area contributed by atoms with Crippen LogP contribution < -0.4 is 10.6 Å². The molecule has 0 aliphatic carbocycles. The van der Waals surface area contributed by atoms with Crippen molar-refractivity contribution in [2.75, 3.05) is 19.5 Å². The minimum Gasteiger partial charge on any atom is -0.399 e. The molecular weight excluding hydrogens is 334 g/mol. The Balaban J connectivity index is 2.26. The van der Waals surface area contributed by atoms with E-state index in [4.69, 9.17) is 16.4 Å². The van der Waals surface area contributed by atoms with Crippen molar-refractivity contribution >= 4 is 28.6 Å². The van der Waals surface area contributed by atoms with Crippen LogP contribution in [-0.4, -0.2) is 19.9 Å². The quantitative estimate of drug-likeness (QED) is 0.791. The number of likely N-dealkylation sites (N-methyl/N-ethyl adjacent to an activating group) is 1. The van der Waals surface area contributed by atoms with E-state index in [-0.39, 0.29) is 0 Å². The summed E-state index contributed by atoms with van der Waals surface area (Å²) in [5.74, 6) is 0. The van der Waals surface area contributed by atoms with E-state index in [9.17, 15) is 0 Å². The van der Waals surface area contributed by atoms with Gasteiger partial charge in [-0.3, -0.25) is 0 Å². The Bertz CT molecular complexity index is 900. The van der Waals surface area contributed by atoms with Gasteiger partial charge in [0.05, 0.1) is 5.70 Å². The first-order chi connectivity index (χ1) is 12.1. The summed E-state index contributed by atoms with van der Waals surface area (Å²) in [5, 5.41) is 11.5. The molecule has 0 spiro atoms. The molecule has 5 heteroatoms. The van der Waals surface area contributed by atoms with Gasteiger partial charge < -0.3 is 15.5 Å². The number of nitrogens with one attached hydrogen (secondary N) is 2. The highest BCUT2D eigenvalue weighted by atomic mass is 35.5. The smallest absolute Gasteiger partial charge is 0.136 e. The fourth-order valence-corrected chi connectivity index (χ4v) is 3.02. The van der Waals surface area contributed by atoms with Crippen LogP contribution in [0.2, 0.25) is 5.02 Å². The number of anilines is 1. The van der Waals surface area contributed by atoms with Crippen molar-refractivity contribution in [1.29, 1.82) is 0 Å². The minimum atomic E-state index is 0.709. The van der Waals surface area contributed by atoms with E-state index < -0.39 is 0 Å². The maximum atomic E-state index is 6.35. The lowest BCUT2D eigenvalue weighted by Gasteiger charge is -2.16. The second kappa shape index (κ2) is 7.03. The molecule has 0 amide bonds. The number of allylic oxidation sites excluding steroid dienone is 2. The Morgan fingerprint density at radius 1 is 1.24 bits per heavy atom. The van der Waals surface area contributed by atoms with Crippen molar-refractivity contribution in [3.8, 4) is 0 Å². The molecule has 25 heavy (non-hydrogen) atoms. The highest BCUT2D eigenvalue weighted by molar-refractivity contribution is 6.31. The molecule has 2 aromatic carbocycles. The molecule has 0 fully saturated rings. The number of oxime groups is 1. The summed E-state index contributed by atoms with van der Waals surface area (Å²) in [4.78, 5) is 5.09. The van der Waals surface area contributed by atoms with Gasteiger partial charge in [0, 0.05) is 34.6 Å². The average Bonchev–Trinajstić information content (AvgIpc) is 2.97. The summed E-state index contributed by atoms with van der Waals surface area (Å²) >= 11 is 6.35. The summed E-state index contributed by atoms with van der Waals surface area (Å²) in [6.07, 6.45) is 0. The zero-order valence-electron chi connectivity index (χ0n) is 14.5. The number of fused-ring (bicyclic) bond motifs is 1. The molecule has 3 rings (SSSR count). The molecule has 128 valence electrons. The van der Waals surface area contributed by atoms with Gasteiger partial charge in [0.2, 0.25) is 0 Å². The predicted octanol–water partition coefficient (Wildman–Crippen LogP) is 4.57. The molecule has 0 aromatic heterocycles. The first-order valence-electron chi connectivity index (χ1n) is 7.92. The van der Waals surface area contributed by atoms with Gasteiger partial charge in [0.15, 0.2) is 0 Å². The highest BCUT2D eigenvalue weighted by Gasteiger charge is 2.27. The van der Waals surface area contributed by atoms with Crippen LogP contribution in [0.1, 0.15) is 16.7 Å². The van der Waals surface area contributed by atoms with Gasteiger partial charge in [-0.05, 0) is 30.2 Å². The van der Waals surface area contributed by atoms with Crippen LogP contribution in [-0.2, 0) is 4.84 Å².